The van der Waals surface area contributed by atoms with Crippen LogP contribution < -0.4 is 0 Å². The Morgan fingerprint density at radius 2 is 2.18 bits per heavy atom. The summed E-state index contributed by atoms with van der Waals surface area (Å²) in [5.74, 6) is -3.22. The highest BCUT2D eigenvalue weighted by atomic mass is 19.3. The van der Waals surface area contributed by atoms with Crippen LogP contribution >= 0.6 is 0 Å². The SMILES string of the molecule is N#CC(F)(F)C1=CCCCC1. The standard InChI is InChI=1S/C8H9F2N/c9-8(10,6-11)7-4-2-1-3-5-7/h4H,1-3,5H2. The number of halogens is 2. The monoisotopic (exact) mass is 157 g/mol. The zero-order chi connectivity index (χ0) is 8.32. The first kappa shape index (κ1) is 8.19. The number of nitriles is 1. The Balaban J connectivity index is 2.74. The molecule has 0 bridgehead atoms. The van der Waals surface area contributed by atoms with E-state index >= 15 is 0 Å². The molecule has 1 aliphatic carbocycles. The van der Waals surface area contributed by atoms with Crippen LogP contribution in [0.5, 0.6) is 0 Å². The number of rotatable bonds is 1. The molecule has 0 N–H and O–H groups in total. The maximum Gasteiger partial charge on any atom is 0.353 e. The van der Waals surface area contributed by atoms with E-state index < -0.39 is 5.92 Å². The van der Waals surface area contributed by atoms with E-state index in [9.17, 15) is 8.78 Å². The van der Waals surface area contributed by atoms with E-state index in [-0.39, 0.29) is 5.57 Å². The molecule has 0 fully saturated rings. The number of allylic oxidation sites excluding steroid dienone is 2. The quantitative estimate of drug-likeness (QED) is 0.537. The Bertz CT molecular complexity index is 213. The smallest absolute Gasteiger partial charge is 0.191 e. The van der Waals surface area contributed by atoms with Gasteiger partial charge in [-0.15, -0.1) is 0 Å². The van der Waals surface area contributed by atoms with Gasteiger partial charge in [-0.05, 0) is 25.7 Å². The van der Waals surface area contributed by atoms with Crippen molar-refractivity contribution in [2.24, 2.45) is 0 Å². The van der Waals surface area contributed by atoms with Gasteiger partial charge in [0.2, 0.25) is 0 Å². The van der Waals surface area contributed by atoms with Gasteiger partial charge in [0, 0.05) is 5.57 Å². The van der Waals surface area contributed by atoms with Crippen molar-refractivity contribution in [3.05, 3.63) is 11.6 Å². The van der Waals surface area contributed by atoms with Crippen LogP contribution in [0.15, 0.2) is 11.6 Å². The van der Waals surface area contributed by atoms with Crippen molar-refractivity contribution in [1.29, 1.82) is 5.26 Å². The molecule has 1 rings (SSSR count). The number of hydrogen-bond acceptors (Lipinski definition) is 1. The van der Waals surface area contributed by atoms with E-state index in [1.54, 1.807) is 0 Å². The number of hydrogen-bond donors (Lipinski definition) is 0. The van der Waals surface area contributed by atoms with Crippen LogP contribution in [0.25, 0.3) is 0 Å². The highest BCUT2D eigenvalue weighted by molar-refractivity contribution is 5.22. The highest BCUT2D eigenvalue weighted by Gasteiger charge is 2.33. The summed E-state index contributed by atoms with van der Waals surface area (Å²) in [6.45, 7) is 0. The van der Waals surface area contributed by atoms with Crippen molar-refractivity contribution in [3.63, 3.8) is 0 Å². The summed E-state index contributed by atoms with van der Waals surface area (Å²) in [5.41, 5.74) is 0.00579. The van der Waals surface area contributed by atoms with Crippen LogP contribution in [0.1, 0.15) is 25.7 Å². The lowest BCUT2D eigenvalue weighted by Gasteiger charge is -2.15. The van der Waals surface area contributed by atoms with Crippen LogP contribution in [-0.4, -0.2) is 5.92 Å². The molecule has 0 aromatic rings. The van der Waals surface area contributed by atoms with Gasteiger partial charge >= 0.3 is 5.92 Å². The van der Waals surface area contributed by atoms with Crippen molar-refractivity contribution in [2.45, 2.75) is 31.6 Å². The minimum atomic E-state index is -3.22. The molecule has 0 radical (unpaired) electrons. The molecule has 1 nitrogen and oxygen atoms in total. The predicted molar refractivity (Wildman–Crippen MR) is 37.1 cm³/mol. The van der Waals surface area contributed by atoms with Gasteiger partial charge in [-0.25, -0.2) is 0 Å². The molecule has 1 aliphatic rings. The minimum absolute atomic E-state index is 0.00579. The largest absolute Gasteiger partial charge is 0.353 e. The predicted octanol–water partition coefficient (Wildman–Crippen LogP) is 2.65. The zero-order valence-electron chi connectivity index (χ0n) is 6.11. The summed E-state index contributed by atoms with van der Waals surface area (Å²) >= 11 is 0. The van der Waals surface area contributed by atoms with E-state index in [4.69, 9.17) is 5.26 Å². The van der Waals surface area contributed by atoms with Gasteiger partial charge in [-0.3, -0.25) is 0 Å². The number of alkyl halides is 2. The molecule has 0 aromatic carbocycles. The third kappa shape index (κ3) is 1.76. The molecule has 11 heavy (non-hydrogen) atoms. The molecule has 0 heterocycles. The first-order chi connectivity index (χ1) is 5.17. The first-order valence-electron chi connectivity index (χ1n) is 3.65. The van der Waals surface area contributed by atoms with Gasteiger partial charge in [0.25, 0.3) is 0 Å². The summed E-state index contributed by atoms with van der Waals surface area (Å²) in [6.07, 6.45) is 4.30. The van der Waals surface area contributed by atoms with Crippen LogP contribution in [0, 0.1) is 11.3 Å². The first-order valence-corrected chi connectivity index (χ1v) is 3.65. The lowest BCUT2D eigenvalue weighted by atomic mass is 9.95. The average molecular weight is 157 g/mol. The fourth-order valence-corrected chi connectivity index (χ4v) is 1.20. The van der Waals surface area contributed by atoms with Gasteiger partial charge in [-0.1, -0.05) is 6.08 Å². The summed E-state index contributed by atoms with van der Waals surface area (Å²) in [6, 6.07) is 1.01. The van der Waals surface area contributed by atoms with Gasteiger partial charge < -0.3 is 0 Å². The molecule has 0 atom stereocenters. The van der Waals surface area contributed by atoms with E-state index in [2.05, 4.69) is 0 Å². The van der Waals surface area contributed by atoms with Crippen molar-refractivity contribution >= 4 is 0 Å². The van der Waals surface area contributed by atoms with E-state index in [1.165, 1.54) is 6.08 Å². The molecule has 60 valence electrons. The van der Waals surface area contributed by atoms with Gasteiger partial charge in [0.1, 0.15) is 6.07 Å². The second-order valence-corrected chi connectivity index (χ2v) is 2.66. The highest BCUT2D eigenvalue weighted by Crippen LogP contribution is 2.30. The fourth-order valence-electron chi connectivity index (χ4n) is 1.20. The van der Waals surface area contributed by atoms with Crippen molar-refractivity contribution in [2.75, 3.05) is 0 Å². The molecule has 0 aromatic heterocycles. The van der Waals surface area contributed by atoms with E-state index in [0.717, 1.165) is 18.9 Å². The molecule has 0 unspecified atom stereocenters. The average Bonchev–Trinajstić information content (AvgIpc) is 2.06. The lowest BCUT2D eigenvalue weighted by Crippen LogP contribution is -2.17. The minimum Gasteiger partial charge on any atom is -0.191 e. The second-order valence-electron chi connectivity index (χ2n) is 2.66. The van der Waals surface area contributed by atoms with E-state index in [1.807, 2.05) is 0 Å². The molecule has 0 saturated carbocycles. The fraction of sp³-hybridized carbons (Fsp3) is 0.625. The molecule has 0 saturated heterocycles. The Kier molecular flexibility index (Phi) is 2.23. The van der Waals surface area contributed by atoms with Gasteiger partial charge in [-0.2, -0.15) is 14.0 Å². The second kappa shape index (κ2) is 3.00. The molecule has 3 heteroatoms. The summed E-state index contributed by atoms with van der Waals surface area (Å²) in [4.78, 5) is 0. The van der Waals surface area contributed by atoms with Crippen molar-refractivity contribution in [3.8, 4) is 6.07 Å². The summed E-state index contributed by atoms with van der Waals surface area (Å²) < 4.78 is 25.2. The maximum absolute atomic E-state index is 12.6. The summed E-state index contributed by atoms with van der Waals surface area (Å²) in [5, 5.41) is 8.11. The van der Waals surface area contributed by atoms with Crippen molar-refractivity contribution in [1.82, 2.24) is 0 Å². The molecule has 0 spiro atoms. The Morgan fingerprint density at radius 1 is 1.45 bits per heavy atom. The lowest BCUT2D eigenvalue weighted by molar-refractivity contribution is 0.0995. The van der Waals surface area contributed by atoms with Crippen LogP contribution in [0.4, 0.5) is 8.78 Å². The third-order valence-electron chi connectivity index (χ3n) is 1.83. The normalized spacial score (nSPS) is 18.8. The van der Waals surface area contributed by atoms with Gasteiger partial charge in [0.15, 0.2) is 0 Å². The Labute approximate surface area is 64.3 Å². The van der Waals surface area contributed by atoms with Gasteiger partial charge in [0.05, 0.1) is 0 Å². The van der Waals surface area contributed by atoms with Crippen molar-refractivity contribution < 1.29 is 8.78 Å². The third-order valence-corrected chi connectivity index (χ3v) is 1.83. The molecular weight excluding hydrogens is 148 g/mol. The van der Waals surface area contributed by atoms with Crippen LogP contribution in [-0.2, 0) is 0 Å². The maximum atomic E-state index is 12.6. The topological polar surface area (TPSA) is 23.8 Å². The van der Waals surface area contributed by atoms with Crippen LogP contribution in [0.2, 0.25) is 0 Å². The van der Waals surface area contributed by atoms with Crippen LogP contribution in [0.3, 0.4) is 0 Å². The Morgan fingerprint density at radius 3 is 2.64 bits per heavy atom. The van der Waals surface area contributed by atoms with E-state index in [0.29, 0.717) is 12.8 Å². The summed E-state index contributed by atoms with van der Waals surface area (Å²) in [7, 11) is 0. The molecule has 0 amide bonds. The Hall–Kier alpha value is -0.910. The molecule has 0 aliphatic heterocycles. The zero-order valence-corrected chi connectivity index (χ0v) is 6.11. The number of nitrogens with zero attached hydrogens (tertiary/aromatic N) is 1. The molecular formula is C8H9F2N.